The number of aryl methyl sites for hydroxylation is 1. The Balaban J connectivity index is 1.79. The van der Waals surface area contributed by atoms with Gasteiger partial charge in [-0.15, -0.1) is 22.7 Å². The first-order chi connectivity index (χ1) is 12.2. The Hall–Kier alpha value is -2.09. The lowest BCUT2D eigenvalue weighted by Gasteiger charge is -2.13. The zero-order valence-electron chi connectivity index (χ0n) is 14.0. The van der Waals surface area contributed by atoms with Crippen LogP contribution in [0.25, 0.3) is 31.6 Å². The zero-order valence-corrected chi connectivity index (χ0v) is 15.6. The maximum absolute atomic E-state index is 5.67. The molecule has 0 saturated carbocycles. The quantitative estimate of drug-likeness (QED) is 0.550. The van der Waals surface area contributed by atoms with Gasteiger partial charge in [0.25, 0.3) is 0 Å². The normalized spacial score (nSPS) is 14.2. The third-order valence-electron chi connectivity index (χ3n) is 4.68. The van der Waals surface area contributed by atoms with E-state index in [0.29, 0.717) is 0 Å². The first-order valence-corrected chi connectivity index (χ1v) is 9.89. The van der Waals surface area contributed by atoms with Crippen molar-refractivity contribution in [3.63, 3.8) is 0 Å². The van der Waals surface area contributed by atoms with Crippen LogP contribution < -0.4 is 9.88 Å². The molecular weight excluding hydrogens is 352 g/mol. The van der Waals surface area contributed by atoms with Crippen molar-refractivity contribution in [3.05, 3.63) is 40.5 Å². The number of rotatable bonds is 2. The molecule has 0 amide bonds. The SMILES string of the molecule is Cc1noc(-c2sc3c(c2-c2nc4ccccc4s2)CCNC3)[n+]1C. The summed E-state index contributed by atoms with van der Waals surface area (Å²) in [7, 11) is 2.00. The highest BCUT2D eigenvalue weighted by molar-refractivity contribution is 7.22. The van der Waals surface area contributed by atoms with Crippen LogP contribution >= 0.6 is 22.7 Å². The predicted molar refractivity (Wildman–Crippen MR) is 99.8 cm³/mol. The lowest BCUT2D eigenvalue weighted by atomic mass is 10.0. The summed E-state index contributed by atoms with van der Waals surface area (Å²) in [5.74, 6) is 1.68. The van der Waals surface area contributed by atoms with Gasteiger partial charge in [0, 0.05) is 23.9 Å². The van der Waals surface area contributed by atoms with E-state index >= 15 is 0 Å². The molecule has 5 rings (SSSR count). The Labute approximate surface area is 152 Å². The van der Waals surface area contributed by atoms with Crippen LogP contribution in [0.4, 0.5) is 0 Å². The predicted octanol–water partition coefficient (Wildman–Crippen LogP) is 3.46. The summed E-state index contributed by atoms with van der Waals surface area (Å²) in [6.07, 6.45) is 1.02. The molecule has 5 nitrogen and oxygen atoms in total. The molecule has 1 aliphatic rings. The molecule has 1 aromatic carbocycles. The Kier molecular flexibility index (Phi) is 3.48. The fourth-order valence-electron chi connectivity index (χ4n) is 3.26. The van der Waals surface area contributed by atoms with Gasteiger partial charge in [-0.2, -0.15) is 4.57 Å². The van der Waals surface area contributed by atoms with Gasteiger partial charge in [-0.25, -0.2) is 9.51 Å². The second-order valence-electron chi connectivity index (χ2n) is 6.22. The third kappa shape index (κ3) is 2.34. The topological polar surface area (TPSA) is 54.8 Å². The van der Waals surface area contributed by atoms with Gasteiger partial charge in [0.05, 0.1) is 17.3 Å². The Morgan fingerprint density at radius 1 is 1.24 bits per heavy atom. The highest BCUT2D eigenvalue weighted by atomic mass is 32.1. The van der Waals surface area contributed by atoms with Gasteiger partial charge >= 0.3 is 11.7 Å². The number of fused-ring (bicyclic) bond motifs is 2. The van der Waals surface area contributed by atoms with Crippen LogP contribution in [-0.4, -0.2) is 16.7 Å². The van der Waals surface area contributed by atoms with Crippen LogP contribution in [0.2, 0.25) is 0 Å². The lowest BCUT2D eigenvalue weighted by molar-refractivity contribution is -0.669. The molecule has 0 unspecified atom stereocenters. The van der Waals surface area contributed by atoms with Crippen LogP contribution in [0.1, 0.15) is 16.3 Å². The number of benzene rings is 1. The molecule has 0 spiro atoms. The number of thiazole rings is 1. The van der Waals surface area contributed by atoms with E-state index in [1.165, 1.54) is 20.7 Å². The second-order valence-corrected chi connectivity index (χ2v) is 8.35. The second kappa shape index (κ2) is 5.72. The average Bonchev–Trinajstić information content (AvgIpc) is 3.30. The molecule has 3 aromatic heterocycles. The summed E-state index contributed by atoms with van der Waals surface area (Å²) >= 11 is 3.55. The molecule has 4 heterocycles. The summed E-state index contributed by atoms with van der Waals surface area (Å²) < 4.78 is 8.91. The first-order valence-electron chi connectivity index (χ1n) is 8.26. The van der Waals surface area contributed by atoms with Crippen molar-refractivity contribution in [3.8, 4) is 21.3 Å². The summed E-state index contributed by atoms with van der Waals surface area (Å²) in [4.78, 5) is 7.43. The van der Waals surface area contributed by atoms with Crippen molar-refractivity contribution in [2.75, 3.05) is 6.54 Å². The fraction of sp³-hybridized carbons (Fsp3) is 0.278. The molecule has 0 bridgehead atoms. The Bertz CT molecular complexity index is 1060. The molecule has 0 fully saturated rings. The van der Waals surface area contributed by atoms with Crippen molar-refractivity contribution in [1.82, 2.24) is 15.5 Å². The molecule has 7 heteroatoms. The number of para-hydroxylation sites is 1. The highest BCUT2D eigenvalue weighted by Gasteiger charge is 2.31. The van der Waals surface area contributed by atoms with E-state index in [-0.39, 0.29) is 0 Å². The van der Waals surface area contributed by atoms with Gasteiger partial charge in [0.2, 0.25) is 0 Å². The lowest BCUT2D eigenvalue weighted by Crippen LogP contribution is -2.31. The van der Waals surface area contributed by atoms with E-state index < -0.39 is 0 Å². The standard InChI is InChI=1S/C18H17N4OS2/c1-10-21-23-18(22(10)2)16-15(11-7-8-19-9-14(11)24-16)17-20-12-5-3-4-6-13(12)25-17/h3-6,19H,7-9H2,1-2H3/q+1. The number of thiophene rings is 1. The highest BCUT2D eigenvalue weighted by Crippen LogP contribution is 2.45. The van der Waals surface area contributed by atoms with Crippen LogP contribution in [-0.2, 0) is 20.0 Å². The maximum atomic E-state index is 5.67. The minimum absolute atomic E-state index is 0.811. The van der Waals surface area contributed by atoms with Crippen LogP contribution in [0.15, 0.2) is 28.8 Å². The largest absolute Gasteiger partial charge is 0.359 e. The van der Waals surface area contributed by atoms with E-state index in [0.717, 1.165) is 46.6 Å². The van der Waals surface area contributed by atoms with Crippen molar-refractivity contribution in [1.29, 1.82) is 0 Å². The molecule has 4 aromatic rings. The van der Waals surface area contributed by atoms with E-state index in [2.05, 4.69) is 28.7 Å². The Morgan fingerprint density at radius 3 is 2.92 bits per heavy atom. The van der Waals surface area contributed by atoms with Gasteiger partial charge in [-0.3, -0.25) is 0 Å². The minimum atomic E-state index is 0.811. The van der Waals surface area contributed by atoms with Crippen molar-refractivity contribution in [2.45, 2.75) is 19.9 Å². The van der Waals surface area contributed by atoms with Crippen LogP contribution in [0.3, 0.4) is 0 Å². The molecule has 0 aliphatic carbocycles. The molecule has 0 atom stereocenters. The average molecular weight is 369 g/mol. The van der Waals surface area contributed by atoms with E-state index in [4.69, 9.17) is 9.51 Å². The van der Waals surface area contributed by atoms with Crippen LogP contribution in [0.5, 0.6) is 0 Å². The smallest absolute Gasteiger partial charge is 0.312 e. The monoisotopic (exact) mass is 369 g/mol. The van der Waals surface area contributed by atoms with E-state index in [1.807, 2.05) is 24.6 Å². The maximum Gasteiger partial charge on any atom is 0.359 e. The van der Waals surface area contributed by atoms with Gasteiger partial charge < -0.3 is 5.32 Å². The molecule has 1 aliphatic heterocycles. The summed E-state index contributed by atoms with van der Waals surface area (Å²) in [6, 6.07) is 8.32. The summed E-state index contributed by atoms with van der Waals surface area (Å²) in [5, 5.41) is 8.68. The molecular formula is C18H17N4OS2+. The van der Waals surface area contributed by atoms with E-state index in [1.54, 1.807) is 22.7 Å². The Morgan fingerprint density at radius 2 is 2.12 bits per heavy atom. The van der Waals surface area contributed by atoms with Crippen LogP contribution in [0, 0.1) is 6.92 Å². The molecule has 0 radical (unpaired) electrons. The van der Waals surface area contributed by atoms with Crippen molar-refractivity contribution in [2.24, 2.45) is 7.05 Å². The van der Waals surface area contributed by atoms with Crippen molar-refractivity contribution >= 4 is 32.9 Å². The number of nitrogens with zero attached hydrogens (tertiary/aromatic N) is 3. The number of hydrogen-bond donors (Lipinski definition) is 1. The van der Waals surface area contributed by atoms with Crippen molar-refractivity contribution < 1.29 is 9.09 Å². The number of aromatic nitrogens is 3. The molecule has 25 heavy (non-hydrogen) atoms. The zero-order chi connectivity index (χ0) is 17.0. The van der Waals surface area contributed by atoms with E-state index in [9.17, 15) is 0 Å². The van der Waals surface area contributed by atoms with Gasteiger partial charge in [0.1, 0.15) is 9.88 Å². The molecule has 126 valence electrons. The third-order valence-corrected chi connectivity index (χ3v) is 6.96. The summed E-state index contributed by atoms with van der Waals surface area (Å²) in [6.45, 7) is 3.87. The fourth-order valence-corrected chi connectivity index (χ4v) is 5.70. The number of hydrogen-bond acceptors (Lipinski definition) is 6. The first kappa shape index (κ1) is 15.2. The molecule has 1 N–H and O–H groups in total. The van der Waals surface area contributed by atoms with Gasteiger partial charge in [0.15, 0.2) is 5.16 Å². The minimum Gasteiger partial charge on any atom is -0.312 e. The molecule has 0 saturated heterocycles. The number of nitrogens with one attached hydrogen (secondary N) is 1. The summed E-state index contributed by atoms with van der Waals surface area (Å²) in [5.41, 5.74) is 3.70. The van der Waals surface area contributed by atoms with Gasteiger partial charge in [-0.1, -0.05) is 12.1 Å². The van der Waals surface area contributed by atoms with Gasteiger partial charge in [-0.05, 0) is 30.7 Å².